The Morgan fingerprint density at radius 3 is 2.82 bits per heavy atom. The van der Waals surface area contributed by atoms with Crippen molar-refractivity contribution in [1.29, 1.82) is 0 Å². The number of rotatable bonds is 2. The molecule has 1 saturated heterocycles. The van der Waals surface area contributed by atoms with Gasteiger partial charge in [0.15, 0.2) is 0 Å². The predicted molar refractivity (Wildman–Crippen MR) is 43.3 cm³/mol. The highest BCUT2D eigenvalue weighted by molar-refractivity contribution is 4.93. The summed E-state index contributed by atoms with van der Waals surface area (Å²) < 4.78 is 12.0. The fourth-order valence-corrected chi connectivity index (χ4v) is 2.55. The Hall–Kier alpha value is -0.110. The zero-order chi connectivity index (χ0) is 7.68. The first kappa shape index (κ1) is 7.53. The molecule has 1 nitrogen and oxygen atoms in total. The van der Waals surface area contributed by atoms with Gasteiger partial charge in [0, 0.05) is 19.1 Å². The highest BCUT2D eigenvalue weighted by Gasteiger charge is 2.39. The Balaban J connectivity index is 1.81. The van der Waals surface area contributed by atoms with Crippen LogP contribution in [0.2, 0.25) is 0 Å². The predicted octanol–water partition coefficient (Wildman–Crippen LogP) is 1.83. The van der Waals surface area contributed by atoms with Gasteiger partial charge in [-0.25, -0.2) is 4.39 Å². The lowest BCUT2D eigenvalue weighted by atomic mass is 9.77. The van der Waals surface area contributed by atoms with Crippen molar-refractivity contribution < 1.29 is 4.39 Å². The van der Waals surface area contributed by atoms with E-state index in [9.17, 15) is 4.39 Å². The smallest absolute Gasteiger partial charge is 0.102 e. The molecule has 0 N–H and O–H groups in total. The number of nitrogens with zero attached hydrogens (tertiary/aromatic N) is 1. The van der Waals surface area contributed by atoms with Gasteiger partial charge < -0.3 is 0 Å². The number of halogens is 1. The van der Waals surface area contributed by atoms with Gasteiger partial charge in [0.05, 0.1) is 0 Å². The second-order valence-corrected chi connectivity index (χ2v) is 3.80. The third kappa shape index (κ3) is 1.28. The fourth-order valence-electron chi connectivity index (χ4n) is 2.55. The summed E-state index contributed by atoms with van der Waals surface area (Å²) in [5.41, 5.74) is 0. The van der Waals surface area contributed by atoms with Gasteiger partial charge in [-0.2, -0.15) is 0 Å². The minimum absolute atomic E-state index is 0.163. The quantitative estimate of drug-likeness (QED) is 0.591. The van der Waals surface area contributed by atoms with Crippen molar-refractivity contribution in [2.75, 3.05) is 19.8 Å². The first-order chi connectivity index (χ1) is 5.42. The van der Waals surface area contributed by atoms with Crippen molar-refractivity contribution >= 4 is 0 Å². The van der Waals surface area contributed by atoms with Crippen LogP contribution in [-0.4, -0.2) is 30.7 Å². The van der Waals surface area contributed by atoms with E-state index in [4.69, 9.17) is 0 Å². The largest absolute Gasteiger partial charge is 0.297 e. The molecule has 0 spiro atoms. The summed E-state index contributed by atoms with van der Waals surface area (Å²) in [5, 5.41) is 0. The zero-order valence-electron chi connectivity index (χ0n) is 6.93. The van der Waals surface area contributed by atoms with E-state index in [0.717, 1.165) is 12.0 Å². The summed E-state index contributed by atoms with van der Waals surface area (Å²) >= 11 is 0. The van der Waals surface area contributed by atoms with Crippen molar-refractivity contribution in [2.24, 2.45) is 5.92 Å². The molecule has 1 aliphatic heterocycles. The SMILES string of the molecule is FCCN1CC2CCCCC21. The third-order valence-corrected chi connectivity index (χ3v) is 3.18. The molecule has 11 heavy (non-hydrogen) atoms. The van der Waals surface area contributed by atoms with E-state index in [1.807, 2.05) is 0 Å². The van der Waals surface area contributed by atoms with Crippen molar-refractivity contribution in [1.82, 2.24) is 4.90 Å². The molecule has 1 aliphatic carbocycles. The van der Waals surface area contributed by atoms with Crippen LogP contribution in [0.4, 0.5) is 4.39 Å². The molecule has 1 heterocycles. The van der Waals surface area contributed by atoms with Gasteiger partial charge in [-0.05, 0) is 18.8 Å². The first-order valence-electron chi connectivity index (χ1n) is 4.72. The third-order valence-electron chi connectivity index (χ3n) is 3.18. The topological polar surface area (TPSA) is 3.24 Å². The standard InChI is InChI=1S/C9H16FN/c10-5-6-11-7-8-3-1-2-4-9(8)11/h8-9H,1-7H2. The Bertz CT molecular complexity index is 138. The van der Waals surface area contributed by atoms with Gasteiger partial charge in [0.1, 0.15) is 6.67 Å². The number of hydrogen-bond donors (Lipinski definition) is 0. The van der Waals surface area contributed by atoms with Crippen LogP contribution in [0.25, 0.3) is 0 Å². The Kier molecular flexibility index (Phi) is 2.12. The van der Waals surface area contributed by atoms with Gasteiger partial charge in [-0.3, -0.25) is 4.90 Å². The molecule has 2 heteroatoms. The molecule has 0 aromatic heterocycles. The van der Waals surface area contributed by atoms with E-state index in [1.165, 1.54) is 32.2 Å². The molecule has 64 valence electrons. The molecule has 2 rings (SSSR count). The monoisotopic (exact) mass is 157 g/mol. The summed E-state index contributed by atoms with van der Waals surface area (Å²) in [6, 6.07) is 0.763. The van der Waals surface area contributed by atoms with Gasteiger partial charge >= 0.3 is 0 Å². The van der Waals surface area contributed by atoms with Crippen molar-refractivity contribution in [3.05, 3.63) is 0 Å². The van der Waals surface area contributed by atoms with Gasteiger partial charge in [-0.1, -0.05) is 12.8 Å². The molecule has 0 aromatic carbocycles. The van der Waals surface area contributed by atoms with Gasteiger partial charge in [-0.15, -0.1) is 0 Å². The number of fused-ring (bicyclic) bond motifs is 1. The van der Waals surface area contributed by atoms with E-state index in [-0.39, 0.29) is 6.67 Å². The second-order valence-electron chi connectivity index (χ2n) is 3.80. The van der Waals surface area contributed by atoms with Crippen molar-refractivity contribution in [3.63, 3.8) is 0 Å². The summed E-state index contributed by atoms with van der Waals surface area (Å²) in [7, 11) is 0. The van der Waals surface area contributed by atoms with Crippen LogP contribution in [0.3, 0.4) is 0 Å². The minimum atomic E-state index is -0.163. The van der Waals surface area contributed by atoms with E-state index in [2.05, 4.69) is 4.90 Å². The van der Waals surface area contributed by atoms with Gasteiger partial charge in [0.2, 0.25) is 0 Å². The van der Waals surface area contributed by atoms with Crippen LogP contribution in [0.15, 0.2) is 0 Å². The lowest BCUT2D eigenvalue weighted by Gasteiger charge is -2.50. The molecule has 0 aromatic rings. The molecular weight excluding hydrogens is 141 g/mol. The van der Waals surface area contributed by atoms with Crippen molar-refractivity contribution in [3.8, 4) is 0 Å². The number of hydrogen-bond acceptors (Lipinski definition) is 1. The summed E-state index contributed by atoms with van der Waals surface area (Å²) in [5.74, 6) is 0.926. The van der Waals surface area contributed by atoms with Crippen LogP contribution in [0, 0.1) is 5.92 Å². The Morgan fingerprint density at radius 2 is 2.09 bits per heavy atom. The molecule has 2 fully saturated rings. The molecule has 2 unspecified atom stereocenters. The maximum absolute atomic E-state index is 12.0. The first-order valence-corrected chi connectivity index (χ1v) is 4.72. The lowest BCUT2D eigenvalue weighted by Crippen LogP contribution is -2.57. The van der Waals surface area contributed by atoms with Crippen LogP contribution in [0.5, 0.6) is 0 Å². The molecule has 0 radical (unpaired) electrons. The number of likely N-dealkylation sites (tertiary alicyclic amines) is 1. The zero-order valence-corrected chi connectivity index (χ0v) is 6.93. The van der Waals surface area contributed by atoms with Crippen molar-refractivity contribution in [2.45, 2.75) is 31.7 Å². The molecule has 0 amide bonds. The average Bonchev–Trinajstić information content (AvgIpc) is 2.01. The Labute approximate surface area is 67.6 Å². The van der Waals surface area contributed by atoms with Gasteiger partial charge in [0.25, 0.3) is 0 Å². The maximum Gasteiger partial charge on any atom is 0.102 e. The summed E-state index contributed by atoms with van der Waals surface area (Å²) in [4.78, 5) is 2.31. The van der Waals surface area contributed by atoms with E-state index in [0.29, 0.717) is 6.54 Å². The molecule has 2 atom stereocenters. The number of alkyl halides is 1. The van der Waals surface area contributed by atoms with Crippen LogP contribution in [-0.2, 0) is 0 Å². The normalized spacial score (nSPS) is 37.9. The van der Waals surface area contributed by atoms with E-state index < -0.39 is 0 Å². The highest BCUT2D eigenvalue weighted by Crippen LogP contribution is 2.36. The highest BCUT2D eigenvalue weighted by atomic mass is 19.1. The molecule has 1 saturated carbocycles. The van der Waals surface area contributed by atoms with E-state index in [1.54, 1.807) is 0 Å². The van der Waals surface area contributed by atoms with Crippen LogP contribution >= 0.6 is 0 Å². The maximum atomic E-state index is 12.0. The summed E-state index contributed by atoms with van der Waals surface area (Å²) in [6.07, 6.45) is 5.49. The summed E-state index contributed by atoms with van der Waals surface area (Å²) in [6.45, 7) is 1.69. The molecule has 0 bridgehead atoms. The second kappa shape index (κ2) is 3.10. The average molecular weight is 157 g/mol. The minimum Gasteiger partial charge on any atom is -0.297 e. The fraction of sp³-hybridized carbons (Fsp3) is 1.00. The van der Waals surface area contributed by atoms with Crippen LogP contribution in [0.1, 0.15) is 25.7 Å². The Morgan fingerprint density at radius 1 is 1.27 bits per heavy atom. The molecular formula is C9H16FN. The van der Waals surface area contributed by atoms with Crippen LogP contribution < -0.4 is 0 Å². The molecule has 2 aliphatic rings. The van der Waals surface area contributed by atoms with E-state index >= 15 is 0 Å². The lowest BCUT2D eigenvalue weighted by molar-refractivity contribution is -0.0172.